The Bertz CT molecular complexity index is 306. The van der Waals surface area contributed by atoms with E-state index in [-0.39, 0.29) is 17.2 Å². The Morgan fingerprint density at radius 1 is 1.50 bits per heavy atom. The first-order valence-electron chi connectivity index (χ1n) is 3.89. The molecule has 64 valence electrons. The molecule has 0 aromatic rings. The van der Waals surface area contributed by atoms with Gasteiger partial charge in [-0.25, -0.2) is 4.99 Å². The molecule has 0 aromatic heterocycles. The zero-order valence-electron chi connectivity index (χ0n) is 7.05. The zero-order valence-corrected chi connectivity index (χ0v) is 7.05. The van der Waals surface area contributed by atoms with Gasteiger partial charge >= 0.3 is 0 Å². The lowest BCUT2D eigenvalue weighted by Gasteiger charge is -2.17. The van der Waals surface area contributed by atoms with E-state index in [9.17, 15) is 9.59 Å². The highest BCUT2D eigenvalue weighted by molar-refractivity contribution is 6.17. The van der Waals surface area contributed by atoms with Gasteiger partial charge in [-0.1, -0.05) is 13.8 Å². The van der Waals surface area contributed by atoms with Crippen LogP contribution in [-0.2, 0) is 9.59 Å². The molecule has 1 spiro atoms. The fraction of sp³-hybridized carbons (Fsp3) is 0.625. The van der Waals surface area contributed by atoms with Gasteiger partial charge in [0, 0.05) is 0 Å². The van der Waals surface area contributed by atoms with E-state index in [1.54, 1.807) is 0 Å². The van der Waals surface area contributed by atoms with Crippen LogP contribution in [0.15, 0.2) is 4.99 Å². The van der Waals surface area contributed by atoms with E-state index in [4.69, 9.17) is 0 Å². The van der Waals surface area contributed by atoms with Gasteiger partial charge < -0.3 is 5.32 Å². The second-order valence-electron chi connectivity index (χ2n) is 4.00. The highest BCUT2D eigenvalue weighted by atomic mass is 16.2. The molecule has 12 heavy (non-hydrogen) atoms. The van der Waals surface area contributed by atoms with E-state index < -0.39 is 5.41 Å². The molecule has 1 fully saturated rings. The summed E-state index contributed by atoms with van der Waals surface area (Å²) in [5, 5.41) is 2.47. The van der Waals surface area contributed by atoms with Crippen molar-refractivity contribution in [3.05, 3.63) is 0 Å². The third-order valence-electron chi connectivity index (χ3n) is 2.87. The molecule has 2 amide bonds. The predicted molar refractivity (Wildman–Crippen MR) is 42.5 cm³/mol. The number of amides is 2. The number of nitrogens with one attached hydrogen (secondary N) is 1. The van der Waals surface area contributed by atoms with E-state index in [1.807, 2.05) is 13.8 Å². The number of carbonyl (C=O) groups is 2. The third kappa shape index (κ3) is 0.605. The molecule has 1 aliphatic heterocycles. The SMILES string of the molecule is CC1(C)CC12C(=O)N=CNC2=O. The minimum atomic E-state index is -0.845. The van der Waals surface area contributed by atoms with Crippen LogP contribution < -0.4 is 5.32 Å². The summed E-state index contributed by atoms with van der Waals surface area (Å²) in [7, 11) is 0. The normalized spacial score (nSPS) is 36.8. The number of nitrogens with zero attached hydrogens (tertiary/aromatic N) is 1. The average molecular weight is 166 g/mol. The number of carbonyl (C=O) groups excluding carboxylic acids is 2. The van der Waals surface area contributed by atoms with Crippen molar-refractivity contribution in [2.75, 3.05) is 0 Å². The average Bonchev–Trinajstić information content (AvgIpc) is 2.52. The molecule has 2 aliphatic rings. The van der Waals surface area contributed by atoms with E-state index in [0.29, 0.717) is 6.42 Å². The van der Waals surface area contributed by atoms with Gasteiger partial charge in [0.1, 0.15) is 5.41 Å². The highest BCUT2D eigenvalue weighted by Crippen LogP contribution is 2.64. The smallest absolute Gasteiger partial charge is 0.263 e. The van der Waals surface area contributed by atoms with Crippen molar-refractivity contribution in [2.24, 2.45) is 15.8 Å². The molecule has 1 N–H and O–H groups in total. The Balaban J connectivity index is 2.44. The quantitative estimate of drug-likeness (QED) is 0.518. The van der Waals surface area contributed by atoms with Crippen LogP contribution in [0.4, 0.5) is 0 Å². The van der Waals surface area contributed by atoms with Crippen LogP contribution >= 0.6 is 0 Å². The van der Waals surface area contributed by atoms with Crippen molar-refractivity contribution < 1.29 is 9.59 Å². The summed E-state index contributed by atoms with van der Waals surface area (Å²) in [5.41, 5.74) is -1.06. The van der Waals surface area contributed by atoms with Crippen molar-refractivity contribution >= 4 is 18.2 Å². The topological polar surface area (TPSA) is 58.5 Å². The number of hydrogen-bond acceptors (Lipinski definition) is 2. The third-order valence-corrected chi connectivity index (χ3v) is 2.87. The predicted octanol–water partition coefficient (Wildman–Crippen LogP) is 0.0874. The van der Waals surface area contributed by atoms with Crippen LogP contribution in [-0.4, -0.2) is 18.2 Å². The standard InChI is InChI=1S/C8H10N2O2/c1-7(2)3-8(7)5(11)9-4-10-6(8)12/h4H,3H2,1-2H3,(H,9,10,11,12). The summed E-state index contributed by atoms with van der Waals surface area (Å²) in [6, 6.07) is 0. The molecule has 1 unspecified atom stereocenters. The molecule has 1 saturated carbocycles. The Labute approximate surface area is 70.1 Å². The molecular formula is C8H10N2O2. The van der Waals surface area contributed by atoms with Crippen LogP contribution in [0.25, 0.3) is 0 Å². The number of hydrogen-bond donors (Lipinski definition) is 1. The van der Waals surface area contributed by atoms with Gasteiger partial charge in [-0.2, -0.15) is 0 Å². The maximum Gasteiger partial charge on any atom is 0.263 e. The van der Waals surface area contributed by atoms with Crippen molar-refractivity contribution in [3.8, 4) is 0 Å². The molecule has 2 rings (SSSR count). The van der Waals surface area contributed by atoms with Crippen LogP contribution in [0.3, 0.4) is 0 Å². The van der Waals surface area contributed by atoms with Gasteiger partial charge in [0.05, 0.1) is 6.34 Å². The zero-order chi connectivity index (χ0) is 8.98. The second-order valence-corrected chi connectivity index (χ2v) is 4.00. The summed E-state index contributed by atoms with van der Waals surface area (Å²) >= 11 is 0. The lowest BCUT2D eigenvalue weighted by atomic mass is 9.93. The number of rotatable bonds is 0. The van der Waals surface area contributed by atoms with Crippen molar-refractivity contribution in [1.29, 1.82) is 0 Å². The fourth-order valence-corrected chi connectivity index (χ4v) is 1.85. The summed E-state index contributed by atoms with van der Waals surface area (Å²) in [6.07, 6.45) is 1.78. The molecule has 1 atom stereocenters. The molecule has 0 bridgehead atoms. The highest BCUT2D eigenvalue weighted by Gasteiger charge is 2.72. The van der Waals surface area contributed by atoms with E-state index in [0.717, 1.165) is 0 Å². The molecule has 0 radical (unpaired) electrons. The summed E-state index contributed by atoms with van der Waals surface area (Å²) in [6.45, 7) is 3.82. The van der Waals surface area contributed by atoms with E-state index in [2.05, 4.69) is 10.3 Å². The van der Waals surface area contributed by atoms with Crippen LogP contribution in [0, 0.1) is 10.8 Å². The van der Waals surface area contributed by atoms with Gasteiger partial charge in [-0.05, 0) is 11.8 Å². The van der Waals surface area contributed by atoms with Gasteiger partial charge in [0.25, 0.3) is 5.91 Å². The molecule has 4 nitrogen and oxygen atoms in total. The fourth-order valence-electron chi connectivity index (χ4n) is 1.85. The van der Waals surface area contributed by atoms with Crippen molar-refractivity contribution in [1.82, 2.24) is 5.32 Å². The van der Waals surface area contributed by atoms with Crippen LogP contribution in [0.5, 0.6) is 0 Å². The Morgan fingerprint density at radius 2 is 2.08 bits per heavy atom. The van der Waals surface area contributed by atoms with Crippen LogP contribution in [0.2, 0.25) is 0 Å². The first-order chi connectivity index (χ1) is 5.51. The van der Waals surface area contributed by atoms with E-state index in [1.165, 1.54) is 6.34 Å². The molecule has 0 saturated heterocycles. The maximum atomic E-state index is 11.4. The Morgan fingerprint density at radius 3 is 2.42 bits per heavy atom. The first kappa shape index (κ1) is 7.46. The molecule has 4 heteroatoms. The largest absolute Gasteiger partial charge is 0.316 e. The Kier molecular flexibility index (Phi) is 1.09. The Hall–Kier alpha value is -1.19. The molecule has 1 aliphatic carbocycles. The summed E-state index contributed by atoms with van der Waals surface area (Å²) in [4.78, 5) is 26.3. The monoisotopic (exact) mass is 166 g/mol. The van der Waals surface area contributed by atoms with Gasteiger partial charge in [0.2, 0.25) is 5.91 Å². The first-order valence-corrected chi connectivity index (χ1v) is 3.89. The van der Waals surface area contributed by atoms with Gasteiger partial charge in [-0.3, -0.25) is 9.59 Å². The maximum absolute atomic E-state index is 11.4. The summed E-state index contributed by atoms with van der Waals surface area (Å²) in [5.74, 6) is -0.497. The minimum absolute atomic E-state index is 0.201. The summed E-state index contributed by atoms with van der Waals surface area (Å²) < 4.78 is 0. The minimum Gasteiger partial charge on any atom is -0.316 e. The lowest BCUT2D eigenvalue weighted by Crippen LogP contribution is -2.42. The molecule has 1 heterocycles. The molecule has 0 aromatic carbocycles. The van der Waals surface area contributed by atoms with Gasteiger partial charge in [0.15, 0.2) is 0 Å². The molecular weight excluding hydrogens is 156 g/mol. The van der Waals surface area contributed by atoms with Crippen LogP contribution in [0.1, 0.15) is 20.3 Å². The van der Waals surface area contributed by atoms with Gasteiger partial charge in [-0.15, -0.1) is 0 Å². The van der Waals surface area contributed by atoms with E-state index >= 15 is 0 Å². The second kappa shape index (κ2) is 1.76. The van der Waals surface area contributed by atoms with Crippen molar-refractivity contribution in [2.45, 2.75) is 20.3 Å². The lowest BCUT2D eigenvalue weighted by molar-refractivity contribution is -0.136. The number of aliphatic imine (C=N–C) groups is 1. The van der Waals surface area contributed by atoms with Crippen molar-refractivity contribution in [3.63, 3.8) is 0 Å².